The smallest absolute Gasteiger partial charge is 0.319 e. The van der Waals surface area contributed by atoms with E-state index in [9.17, 15) is 14.0 Å². The van der Waals surface area contributed by atoms with Crippen LogP contribution in [0.15, 0.2) is 12.1 Å². The van der Waals surface area contributed by atoms with Crippen molar-refractivity contribution in [1.29, 1.82) is 5.26 Å². The quantitative estimate of drug-likeness (QED) is 0.311. The number of benzene rings is 2. The second kappa shape index (κ2) is 9.97. The first kappa shape index (κ1) is 27.9. The Kier molecular flexibility index (Phi) is 6.33. The highest BCUT2D eigenvalue weighted by molar-refractivity contribution is 7.23. The van der Waals surface area contributed by atoms with E-state index < -0.39 is 23.3 Å². The SMILES string of the molecule is N#Cc1c(N)sc2c(F)ccc(-c3c(Cl)c4c5c(nc(OC[C@@]67CCCN6C[C@H](F)C7)nc5c3F)N3C[C@@H](N)C[C@H]3CO4)c12. The van der Waals surface area contributed by atoms with Gasteiger partial charge in [-0.25, -0.2) is 13.2 Å². The molecule has 4 aliphatic heterocycles. The van der Waals surface area contributed by atoms with Crippen LogP contribution >= 0.6 is 22.9 Å². The monoisotopic (exact) mass is 641 g/mol. The molecule has 8 rings (SSSR count). The summed E-state index contributed by atoms with van der Waals surface area (Å²) in [5, 5.41) is 10.4. The highest BCUT2D eigenvalue weighted by Crippen LogP contribution is 2.51. The molecule has 44 heavy (non-hydrogen) atoms. The molecule has 4 atom stereocenters. The average Bonchev–Trinajstić information content (AvgIpc) is 3.71. The Hall–Kier alpha value is -3.57. The summed E-state index contributed by atoms with van der Waals surface area (Å²) in [4.78, 5) is 13.4. The molecule has 4 aliphatic rings. The molecule has 0 spiro atoms. The molecule has 228 valence electrons. The fraction of sp³-hybridized carbons (Fsp3) is 0.433. The molecule has 9 nitrogen and oxygen atoms in total. The van der Waals surface area contributed by atoms with Crippen molar-refractivity contribution in [1.82, 2.24) is 14.9 Å². The Balaban J connectivity index is 1.35. The van der Waals surface area contributed by atoms with E-state index in [1.54, 1.807) is 0 Å². The lowest BCUT2D eigenvalue weighted by Crippen LogP contribution is -2.43. The molecule has 2 aromatic heterocycles. The van der Waals surface area contributed by atoms with Crippen LogP contribution in [-0.4, -0.2) is 71.5 Å². The van der Waals surface area contributed by atoms with Crippen LogP contribution in [0.5, 0.6) is 11.8 Å². The van der Waals surface area contributed by atoms with Crippen LogP contribution < -0.4 is 25.8 Å². The lowest BCUT2D eigenvalue weighted by Gasteiger charge is -2.31. The van der Waals surface area contributed by atoms with Crippen LogP contribution in [0.25, 0.3) is 32.1 Å². The topological polar surface area (TPSA) is 127 Å². The molecule has 4 aromatic rings. The van der Waals surface area contributed by atoms with Crippen molar-refractivity contribution in [3.63, 3.8) is 0 Å². The molecule has 14 heteroatoms. The summed E-state index contributed by atoms with van der Waals surface area (Å²) < 4.78 is 58.8. The maximum absolute atomic E-state index is 17.0. The number of alkyl halides is 1. The van der Waals surface area contributed by atoms with Crippen LogP contribution in [0.1, 0.15) is 31.2 Å². The third kappa shape index (κ3) is 3.97. The summed E-state index contributed by atoms with van der Waals surface area (Å²) in [7, 11) is 0. The van der Waals surface area contributed by atoms with Crippen LogP contribution in [0.3, 0.4) is 0 Å². The van der Waals surface area contributed by atoms with Crippen LogP contribution in [0.2, 0.25) is 5.02 Å². The lowest BCUT2D eigenvalue weighted by atomic mass is 9.95. The van der Waals surface area contributed by atoms with Gasteiger partial charge >= 0.3 is 6.01 Å². The number of hydrogen-bond donors (Lipinski definition) is 2. The normalized spacial score (nSPS) is 26.1. The molecule has 0 bridgehead atoms. The summed E-state index contributed by atoms with van der Waals surface area (Å²) >= 11 is 7.86. The molecule has 0 radical (unpaired) electrons. The maximum Gasteiger partial charge on any atom is 0.319 e. The van der Waals surface area contributed by atoms with Gasteiger partial charge in [0.05, 0.1) is 32.3 Å². The molecule has 0 unspecified atom stereocenters. The number of anilines is 2. The fourth-order valence-corrected chi connectivity index (χ4v) is 8.87. The number of rotatable bonds is 4. The zero-order chi connectivity index (χ0) is 30.5. The summed E-state index contributed by atoms with van der Waals surface area (Å²) in [5.74, 6) is -0.827. The molecule has 3 saturated heterocycles. The van der Waals surface area contributed by atoms with E-state index in [0.717, 1.165) is 30.7 Å². The Morgan fingerprint density at radius 2 is 2.09 bits per heavy atom. The number of thiophene rings is 1. The molecule has 0 amide bonds. The van der Waals surface area contributed by atoms with Gasteiger partial charge in [-0.1, -0.05) is 17.7 Å². The van der Waals surface area contributed by atoms with Crippen molar-refractivity contribution in [2.75, 3.05) is 43.5 Å². The van der Waals surface area contributed by atoms with Gasteiger partial charge in [-0.2, -0.15) is 15.2 Å². The van der Waals surface area contributed by atoms with Gasteiger partial charge in [0.25, 0.3) is 0 Å². The predicted octanol–water partition coefficient (Wildman–Crippen LogP) is 5.15. The number of nitrogens with two attached hydrogens (primary N) is 2. The zero-order valence-electron chi connectivity index (χ0n) is 23.4. The largest absolute Gasteiger partial charge is 0.489 e. The Bertz CT molecular complexity index is 1920. The highest BCUT2D eigenvalue weighted by Gasteiger charge is 2.49. The lowest BCUT2D eigenvalue weighted by molar-refractivity contribution is 0.107. The number of nitriles is 1. The first-order valence-electron chi connectivity index (χ1n) is 14.5. The van der Waals surface area contributed by atoms with Gasteiger partial charge in [0.2, 0.25) is 0 Å². The number of nitrogens with zero attached hydrogens (tertiary/aromatic N) is 5. The standard InChI is InChI=1S/C30H27ClF3N7O2S/c31-22-20(16-2-3-18(33)26-19(16)17(8-35)27(37)44-26)23(34)24-21-25(22)42-11-15-6-14(36)10-41(15)28(21)39-29(38-24)43-12-30-4-1-5-40(30)9-13(32)7-30/h2-3,13-15H,1,4-7,9-12,36-37H2/t13-,14+,15+,30+/m1/s1. The Morgan fingerprint density at radius 3 is 2.91 bits per heavy atom. The number of ether oxygens (including phenoxy) is 2. The van der Waals surface area contributed by atoms with E-state index in [-0.39, 0.29) is 84.8 Å². The van der Waals surface area contributed by atoms with Crippen molar-refractivity contribution in [3.05, 3.63) is 34.4 Å². The van der Waals surface area contributed by atoms with Gasteiger partial charge in [-0.15, -0.1) is 11.3 Å². The zero-order valence-corrected chi connectivity index (χ0v) is 25.0. The second-order valence-electron chi connectivity index (χ2n) is 12.1. The summed E-state index contributed by atoms with van der Waals surface area (Å²) in [5.41, 5.74) is 11.9. The summed E-state index contributed by atoms with van der Waals surface area (Å²) in [6.45, 7) is 1.98. The van der Waals surface area contributed by atoms with Gasteiger partial charge < -0.3 is 25.8 Å². The summed E-state index contributed by atoms with van der Waals surface area (Å²) in [6.07, 6.45) is 1.76. The van der Waals surface area contributed by atoms with Gasteiger partial charge in [-0.05, 0) is 37.4 Å². The number of aromatic nitrogens is 2. The molecule has 2 aromatic carbocycles. The molecule has 6 heterocycles. The van der Waals surface area contributed by atoms with Gasteiger partial charge in [-0.3, -0.25) is 4.90 Å². The first-order valence-corrected chi connectivity index (χ1v) is 15.7. The van der Waals surface area contributed by atoms with E-state index in [0.29, 0.717) is 31.7 Å². The minimum atomic E-state index is -0.938. The van der Waals surface area contributed by atoms with Crippen molar-refractivity contribution < 1.29 is 22.6 Å². The van der Waals surface area contributed by atoms with E-state index in [4.69, 9.17) is 37.5 Å². The Labute approximate surface area is 259 Å². The number of halogens is 4. The fourth-order valence-electron chi connectivity index (χ4n) is 7.59. The molecule has 3 fully saturated rings. The number of hydrogen-bond acceptors (Lipinski definition) is 10. The minimum Gasteiger partial charge on any atom is -0.489 e. The first-order chi connectivity index (χ1) is 21.2. The molecule has 0 saturated carbocycles. The van der Waals surface area contributed by atoms with Crippen molar-refractivity contribution in [2.45, 2.75) is 49.5 Å². The average molecular weight is 642 g/mol. The molecule has 0 aliphatic carbocycles. The van der Waals surface area contributed by atoms with E-state index in [2.05, 4.69) is 9.88 Å². The van der Waals surface area contributed by atoms with Crippen LogP contribution in [-0.2, 0) is 0 Å². The van der Waals surface area contributed by atoms with E-state index in [1.165, 1.54) is 12.1 Å². The van der Waals surface area contributed by atoms with E-state index >= 15 is 4.39 Å². The second-order valence-corrected chi connectivity index (χ2v) is 13.5. The van der Waals surface area contributed by atoms with Crippen LogP contribution in [0.4, 0.5) is 24.0 Å². The summed E-state index contributed by atoms with van der Waals surface area (Å²) in [6, 6.07) is 4.23. The predicted molar refractivity (Wildman–Crippen MR) is 162 cm³/mol. The van der Waals surface area contributed by atoms with Gasteiger partial charge in [0, 0.05) is 36.5 Å². The minimum absolute atomic E-state index is 0.0342. The van der Waals surface area contributed by atoms with Gasteiger partial charge in [0.15, 0.2) is 11.6 Å². The molecule has 4 N–H and O–H groups in total. The number of fused-ring (bicyclic) bond motifs is 4. The molecular formula is C30H27ClF3N7O2S. The molecular weight excluding hydrogens is 615 g/mol. The third-order valence-corrected chi connectivity index (χ3v) is 10.9. The van der Waals surface area contributed by atoms with Crippen molar-refractivity contribution >= 4 is 54.7 Å². The number of nitrogen functional groups attached to an aromatic ring is 1. The van der Waals surface area contributed by atoms with E-state index in [1.807, 2.05) is 11.0 Å². The van der Waals surface area contributed by atoms with Crippen molar-refractivity contribution in [3.8, 4) is 29.0 Å². The van der Waals surface area contributed by atoms with Gasteiger partial charge in [0.1, 0.15) is 47.6 Å². The third-order valence-electron chi connectivity index (χ3n) is 9.51. The van der Waals surface area contributed by atoms with Crippen LogP contribution in [0, 0.1) is 23.0 Å². The van der Waals surface area contributed by atoms with Crippen molar-refractivity contribution in [2.24, 2.45) is 5.73 Å². The Morgan fingerprint density at radius 1 is 1.25 bits per heavy atom. The highest BCUT2D eigenvalue weighted by atomic mass is 35.5. The maximum atomic E-state index is 17.0.